The van der Waals surface area contributed by atoms with Crippen LogP contribution in [0, 0.1) is 0 Å². The Balaban J connectivity index is 2.07. The number of aliphatic carboxylic acids is 1. The number of hydrogen-bond acceptors (Lipinski definition) is 2. The first-order chi connectivity index (χ1) is 12.2. The Bertz CT molecular complexity index is 760. The smallest absolute Gasteiger partial charge is 0.416 e. The van der Waals surface area contributed by atoms with Crippen LogP contribution in [-0.4, -0.2) is 23.0 Å². The number of benzene rings is 2. The van der Waals surface area contributed by atoms with Crippen LogP contribution >= 0.6 is 0 Å². The van der Waals surface area contributed by atoms with Gasteiger partial charge < -0.3 is 10.4 Å². The Kier molecular flexibility index (Phi) is 6.38. The molecule has 0 radical (unpaired) electrons. The highest BCUT2D eigenvalue weighted by Gasteiger charge is 2.30. The van der Waals surface area contributed by atoms with E-state index in [0.717, 1.165) is 17.7 Å². The lowest BCUT2D eigenvalue weighted by molar-refractivity contribution is -0.139. The van der Waals surface area contributed by atoms with Crippen molar-refractivity contribution in [3.63, 3.8) is 0 Å². The second-order valence-electron chi connectivity index (χ2n) is 5.93. The zero-order valence-corrected chi connectivity index (χ0v) is 13.8. The number of alkyl halides is 3. The maximum Gasteiger partial charge on any atom is 0.416 e. The van der Waals surface area contributed by atoms with Crippen LogP contribution in [0.1, 0.15) is 23.1 Å². The lowest BCUT2D eigenvalue weighted by atomic mass is 10.0. The summed E-state index contributed by atoms with van der Waals surface area (Å²) in [5, 5.41) is 11.6. The van der Waals surface area contributed by atoms with Crippen LogP contribution in [0.4, 0.5) is 13.2 Å². The van der Waals surface area contributed by atoms with Crippen LogP contribution in [0.3, 0.4) is 0 Å². The molecule has 0 aliphatic carbocycles. The van der Waals surface area contributed by atoms with Crippen molar-refractivity contribution >= 4 is 11.9 Å². The maximum atomic E-state index is 12.8. The maximum absolute atomic E-state index is 12.8. The van der Waals surface area contributed by atoms with Crippen LogP contribution in [0.5, 0.6) is 0 Å². The van der Waals surface area contributed by atoms with Crippen molar-refractivity contribution in [2.45, 2.75) is 31.5 Å². The molecular weight excluding hydrogens is 347 g/mol. The minimum Gasteiger partial charge on any atom is -0.481 e. The molecule has 0 aliphatic heterocycles. The summed E-state index contributed by atoms with van der Waals surface area (Å²) in [6.07, 6.45) is -4.79. The van der Waals surface area contributed by atoms with E-state index in [1.807, 2.05) is 6.07 Å². The number of halogens is 3. The van der Waals surface area contributed by atoms with E-state index in [4.69, 9.17) is 5.11 Å². The molecule has 1 atom stereocenters. The summed E-state index contributed by atoms with van der Waals surface area (Å²) >= 11 is 0. The van der Waals surface area contributed by atoms with Gasteiger partial charge in [-0.2, -0.15) is 13.2 Å². The van der Waals surface area contributed by atoms with E-state index < -0.39 is 23.8 Å². The molecule has 2 N–H and O–H groups in total. The number of carbonyl (C=O) groups excluding carboxylic acids is 1. The fourth-order valence-electron chi connectivity index (χ4n) is 2.60. The summed E-state index contributed by atoms with van der Waals surface area (Å²) < 4.78 is 38.4. The van der Waals surface area contributed by atoms with E-state index in [2.05, 4.69) is 5.32 Å². The number of carboxylic acids is 1. The molecular formula is C19H18F3NO3. The third-order valence-corrected chi connectivity index (χ3v) is 3.73. The Morgan fingerprint density at radius 2 is 1.65 bits per heavy atom. The normalized spacial score (nSPS) is 12.4. The largest absolute Gasteiger partial charge is 0.481 e. The predicted octanol–water partition coefficient (Wildman–Crippen LogP) is 3.45. The third kappa shape index (κ3) is 6.23. The van der Waals surface area contributed by atoms with Crippen LogP contribution in [0.25, 0.3) is 0 Å². The van der Waals surface area contributed by atoms with Crippen LogP contribution in [-0.2, 0) is 28.6 Å². The standard InChI is InChI=1S/C19H18F3NO3/c20-19(21,22)15-8-4-7-14(9-15)10-16(12-18(25)26)23-17(24)11-13-5-2-1-3-6-13/h1-9,16H,10-12H2,(H,23,24)(H,25,26). The van der Waals surface area contributed by atoms with E-state index in [1.54, 1.807) is 24.3 Å². The molecule has 0 fully saturated rings. The van der Waals surface area contributed by atoms with Crippen molar-refractivity contribution in [1.82, 2.24) is 5.32 Å². The first kappa shape index (κ1) is 19.5. The fourth-order valence-corrected chi connectivity index (χ4v) is 2.60. The summed E-state index contributed by atoms with van der Waals surface area (Å²) in [5.41, 5.74) is 0.268. The Hall–Kier alpha value is -2.83. The zero-order chi connectivity index (χ0) is 19.2. The molecule has 7 heteroatoms. The van der Waals surface area contributed by atoms with Gasteiger partial charge in [0.25, 0.3) is 0 Å². The van der Waals surface area contributed by atoms with Crippen molar-refractivity contribution in [1.29, 1.82) is 0 Å². The number of nitrogens with one attached hydrogen (secondary N) is 1. The Morgan fingerprint density at radius 3 is 2.27 bits per heavy atom. The first-order valence-corrected chi connectivity index (χ1v) is 7.95. The highest BCUT2D eigenvalue weighted by atomic mass is 19.4. The van der Waals surface area contributed by atoms with Crippen molar-refractivity contribution in [3.05, 3.63) is 71.3 Å². The lowest BCUT2D eigenvalue weighted by Gasteiger charge is -2.18. The minimum atomic E-state index is -4.48. The zero-order valence-electron chi connectivity index (χ0n) is 13.8. The first-order valence-electron chi connectivity index (χ1n) is 7.95. The molecule has 138 valence electrons. The Labute approximate surface area is 148 Å². The van der Waals surface area contributed by atoms with E-state index in [1.165, 1.54) is 12.1 Å². The molecule has 2 rings (SSSR count). The minimum absolute atomic E-state index is 0.00322. The van der Waals surface area contributed by atoms with Crippen molar-refractivity contribution in [2.24, 2.45) is 0 Å². The molecule has 0 saturated carbocycles. The molecule has 1 unspecified atom stereocenters. The molecule has 0 bridgehead atoms. The number of rotatable bonds is 7. The third-order valence-electron chi connectivity index (χ3n) is 3.73. The van der Waals surface area contributed by atoms with Gasteiger partial charge in [-0.3, -0.25) is 9.59 Å². The quantitative estimate of drug-likeness (QED) is 0.790. The second-order valence-corrected chi connectivity index (χ2v) is 5.93. The van der Waals surface area contributed by atoms with E-state index in [9.17, 15) is 22.8 Å². The van der Waals surface area contributed by atoms with Gasteiger partial charge >= 0.3 is 12.1 Å². The molecule has 0 aliphatic rings. The van der Waals surface area contributed by atoms with Crippen molar-refractivity contribution in [3.8, 4) is 0 Å². The van der Waals surface area contributed by atoms with Gasteiger partial charge in [0.1, 0.15) is 0 Å². The van der Waals surface area contributed by atoms with E-state index >= 15 is 0 Å². The summed E-state index contributed by atoms with van der Waals surface area (Å²) in [6.45, 7) is 0. The molecule has 0 heterocycles. The average Bonchev–Trinajstić information content (AvgIpc) is 2.54. The second kappa shape index (κ2) is 8.51. The number of carbonyl (C=O) groups is 2. The monoisotopic (exact) mass is 365 g/mol. The molecule has 4 nitrogen and oxygen atoms in total. The van der Waals surface area contributed by atoms with Crippen LogP contribution in [0.15, 0.2) is 54.6 Å². The molecule has 0 saturated heterocycles. The molecule has 0 aromatic heterocycles. The fraction of sp³-hybridized carbons (Fsp3) is 0.263. The van der Waals surface area contributed by atoms with Gasteiger partial charge in [-0.25, -0.2) is 0 Å². The number of carboxylic acid groups (broad SMARTS) is 1. The number of amides is 1. The van der Waals surface area contributed by atoms with Crippen LogP contribution < -0.4 is 5.32 Å². The summed E-state index contributed by atoms with van der Waals surface area (Å²) in [7, 11) is 0. The highest BCUT2D eigenvalue weighted by molar-refractivity contribution is 5.79. The Morgan fingerprint density at radius 1 is 1.00 bits per heavy atom. The lowest BCUT2D eigenvalue weighted by Crippen LogP contribution is -2.39. The van der Waals surface area contributed by atoms with Gasteiger partial charge in [0, 0.05) is 6.04 Å². The molecule has 2 aromatic rings. The summed E-state index contributed by atoms with van der Waals surface area (Å²) in [5.74, 6) is -1.52. The molecule has 26 heavy (non-hydrogen) atoms. The predicted molar refractivity (Wildman–Crippen MR) is 89.5 cm³/mol. The average molecular weight is 365 g/mol. The van der Waals surface area contributed by atoms with Gasteiger partial charge in [0.05, 0.1) is 18.4 Å². The van der Waals surface area contributed by atoms with Crippen molar-refractivity contribution in [2.75, 3.05) is 0 Å². The summed E-state index contributed by atoms with van der Waals surface area (Å²) in [4.78, 5) is 23.2. The van der Waals surface area contributed by atoms with E-state index in [-0.39, 0.29) is 25.2 Å². The topological polar surface area (TPSA) is 66.4 Å². The molecule has 1 amide bonds. The molecule has 0 spiro atoms. The van der Waals surface area contributed by atoms with Gasteiger partial charge in [-0.1, -0.05) is 48.5 Å². The number of hydrogen-bond donors (Lipinski definition) is 2. The highest BCUT2D eigenvalue weighted by Crippen LogP contribution is 2.29. The van der Waals surface area contributed by atoms with Gasteiger partial charge in [-0.15, -0.1) is 0 Å². The van der Waals surface area contributed by atoms with E-state index in [0.29, 0.717) is 5.56 Å². The van der Waals surface area contributed by atoms with Gasteiger partial charge in [0.15, 0.2) is 0 Å². The van der Waals surface area contributed by atoms with Crippen LogP contribution in [0.2, 0.25) is 0 Å². The van der Waals surface area contributed by atoms with Gasteiger partial charge in [0.2, 0.25) is 5.91 Å². The molecule has 2 aromatic carbocycles. The van der Waals surface area contributed by atoms with Gasteiger partial charge in [-0.05, 0) is 23.6 Å². The van der Waals surface area contributed by atoms with Crippen molar-refractivity contribution < 1.29 is 27.9 Å². The SMILES string of the molecule is O=C(O)CC(Cc1cccc(C(F)(F)F)c1)NC(=O)Cc1ccccc1. The summed E-state index contributed by atoms with van der Waals surface area (Å²) in [6, 6.07) is 12.8.